The minimum Gasteiger partial charge on any atom is -0.376 e. The maximum absolute atomic E-state index is 13.1. The molecule has 10 heteroatoms. The third-order valence-corrected chi connectivity index (χ3v) is 9.33. The van der Waals surface area contributed by atoms with Crippen LogP contribution in [0.4, 0.5) is 11.4 Å². The molecule has 1 atom stereocenters. The van der Waals surface area contributed by atoms with E-state index in [1.54, 1.807) is 43.0 Å². The lowest BCUT2D eigenvalue weighted by atomic mass is 10.1. The van der Waals surface area contributed by atoms with Crippen molar-refractivity contribution in [2.24, 2.45) is 0 Å². The van der Waals surface area contributed by atoms with Gasteiger partial charge in [0.15, 0.2) is 9.84 Å². The number of hydrogen-bond donors (Lipinski definition) is 1. The molecule has 0 aromatic heterocycles. The SMILES string of the molecule is CCN(CC)S(=O)(=O)c1ccc(NCC(=O)N(c2ccccc2)C2CCS(=O)(=O)C2)cc1. The van der Waals surface area contributed by atoms with E-state index in [2.05, 4.69) is 5.32 Å². The smallest absolute Gasteiger partial charge is 0.246 e. The summed E-state index contributed by atoms with van der Waals surface area (Å²) in [5.74, 6) is -0.228. The van der Waals surface area contributed by atoms with Crippen LogP contribution in [-0.2, 0) is 24.7 Å². The first-order chi connectivity index (χ1) is 15.2. The molecule has 1 aliphatic heterocycles. The molecule has 2 aromatic carbocycles. The van der Waals surface area contributed by atoms with Crippen molar-refractivity contribution in [1.29, 1.82) is 0 Å². The van der Waals surface area contributed by atoms with Crippen LogP contribution in [0.3, 0.4) is 0 Å². The summed E-state index contributed by atoms with van der Waals surface area (Å²) >= 11 is 0. The summed E-state index contributed by atoms with van der Waals surface area (Å²) in [5.41, 5.74) is 1.26. The highest BCUT2D eigenvalue weighted by molar-refractivity contribution is 7.91. The third-order valence-electron chi connectivity index (χ3n) is 5.52. The Hall–Kier alpha value is -2.43. The van der Waals surface area contributed by atoms with Gasteiger partial charge in [0.2, 0.25) is 15.9 Å². The van der Waals surface area contributed by atoms with Crippen molar-refractivity contribution in [3.63, 3.8) is 0 Å². The number of anilines is 2. The molecular formula is C22H29N3O5S2. The Morgan fingerprint density at radius 2 is 1.66 bits per heavy atom. The van der Waals surface area contributed by atoms with E-state index in [4.69, 9.17) is 0 Å². The summed E-state index contributed by atoms with van der Waals surface area (Å²) in [6.07, 6.45) is 0.404. The second-order valence-electron chi connectivity index (χ2n) is 7.62. The van der Waals surface area contributed by atoms with Crippen molar-refractivity contribution < 1.29 is 21.6 Å². The zero-order valence-electron chi connectivity index (χ0n) is 18.3. The summed E-state index contributed by atoms with van der Waals surface area (Å²) in [6, 6.07) is 14.9. The number of para-hydroxylation sites is 1. The molecule has 8 nitrogen and oxygen atoms in total. The first-order valence-electron chi connectivity index (χ1n) is 10.6. The second kappa shape index (κ2) is 10.0. The van der Waals surface area contributed by atoms with E-state index in [-0.39, 0.29) is 28.9 Å². The number of carbonyl (C=O) groups is 1. The van der Waals surface area contributed by atoms with Gasteiger partial charge in [0.1, 0.15) is 0 Å². The first-order valence-corrected chi connectivity index (χ1v) is 13.9. The molecule has 2 aromatic rings. The van der Waals surface area contributed by atoms with Gasteiger partial charge in [-0.1, -0.05) is 32.0 Å². The Kier molecular flexibility index (Phi) is 7.58. The van der Waals surface area contributed by atoms with Crippen LogP contribution in [0.1, 0.15) is 20.3 Å². The van der Waals surface area contributed by atoms with Gasteiger partial charge in [0.05, 0.1) is 29.0 Å². The molecular weight excluding hydrogens is 450 g/mol. The Labute approximate surface area is 190 Å². The number of carbonyl (C=O) groups excluding carboxylic acids is 1. The standard InChI is InChI=1S/C22H29N3O5S2/c1-3-24(4-2)32(29,30)21-12-10-18(11-13-21)23-16-22(26)25(19-8-6-5-7-9-19)20-14-15-31(27,28)17-20/h5-13,20,23H,3-4,14-17H2,1-2H3. The van der Waals surface area contributed by atoms with Crippen molar-refractivity contribution in [1.82, 2.24) is 4.31 Å². The van der Waals surface area contributed by atoms with E-state index < -0.39 is 25.9 Å². The summed E-state index contributed by atoms with van der Waals surface area (Å²) in [5, 5.41) is 3.03. The molecule has 1 amide bonds. The van der Waals surface area contributed by atoms with Gasteiger partial charge in [0, 0.05) is 24.5 Å². The van der Waals surface area contributed by atoms with Gasteiger partial charge in [-0.3, -0.25) is 4.79 Å². The van der Waals surface area contributed by atoms with Gasteiger partial charge >= 0.3 is 0 Å². The Bertz CT molecular complexity index is 1130. The van der Waals surface area contributed by atoms with Crippen molar-refractivity contribution >= 4 is 37.1 Å². The van der Waals surface area contributed by atoms with Crippen molar-refractivity contribution in [3.8, 4) is 0 Å². The molecule has 1 heterocycles. The quantitative estimate of drug-likeness (QED) is 0.592. The molecule has 1 N–H and O–H groups in total. The monoisotopic (exact) mass is 479 g/mol. The van der Waals surface area contributed by atoms with E-state index in [1.807, 2.05) is 18.2 Å². The number of sulfonamides is 1. The van der Waals surface area contributed by atoms with Gasteiger partial charge in [-0.2, -0.15) is 4.31 Å². The van der Waals surface area contributed by atoms with Crippen LogP contribution < -0.4 is 10.2 Å². The summed E-state index contributed by atoms with van der Waals surface area (Å²) in [4.78, 5) is 14.8. The number of hydrogen-bond acceptors (Lipinski definition) is 6. The minimum absolute atomic E-state index is 0.0480. The minimum atomic E-state index is -3.55. The topological polar surface area (TPSA) is 104 Å². The molecule has 1 aliphatic rings. The predicted octanol–water partition coefficient (Wildman–Crippen LogP) is 2.35. The average molecular weight is 480 g/mol. The highest BCUT2D eigenvalue weighted by Gasteiger charge is 2.35. The lowest BCUT2D eigenvalue weighted by Gasteiger charge is -2.28. The number of amides is 1. The first kappa shape index (κ1) is 24.2. The fourth-order valence-corrected chi connectivity index (χ4v) is 7.00. The maximum Gasteiger partial charge on any atom is 0.246 e. The van der Waals surface area contributed by atoms with Crippen molar-refractivity contribution in [2.45, 2.75) is 31.2 Å². The highest BCUT2D eigenvalue weighted by Crippen LogP contribution is 2.25. The van der Waals surface area contributed by atoms with Gasteiger partial charge in [-0.25, -0.2) is 16.8 Å². The molecule has 32 heavy (non-hydrogen) atoms. The molecule has 0 aliphatic carbocycles. The Morgan fingerprint density at radius 1 is 1.03 bits per heavy atom. The van der Waals surface area contributed by atoms with Gasteiger partial charge in [0.25, 0.3) is 0 Å². The van der Waals surface area contributed by atoms with E-state index in [0.29, 0.717) is 30.9 Å². The number of nitrogens with one attached hydrogen (secondary N) is 1. The molecule has 0 spiro atoms. The van der Waals surface area contributed by atoms with Crippen LogP contribution in [0, 0.1) is 0 Å². The van der Waals surface area contributed by atoms with Crippen LogP contribution in [0.25, 0.3) is 0 Å². The Morgan fingerprint density at radius 3 is 2.19 bits per heavy atom. The molecule has 0 bridgehead atoms. The second-order valence-corrected chi connectivity index (χ2v) is 11.8. The molecule has 1 fully saturated rings. The van der Waals surface area contributed by atoms with Gasteiger partial charge in [-0.05, 0) is 42.8 Å². The number of benzene rings is 2. The van der Waals surface area contributed by atoms with E-state index >= 15 is 0 Å². The molecule has 0 radical (unpaired) electrons. The molecule has 174 valence electrons. The zero-order chi connectivity index (χ0) is 23.4. The van der Waals surface area contributed by atoms with Crippen LogP contribution >= 0.6 is 0 Å². The van der Waals surface area contributed by atoms with Crippen LogP contribution in [0.15, 0.2) is 59.5 Å². The Balaban J connectivity index is 1.73. The summed E-state index contributed by atoms with van der Waals surface area (Å²) in [6.45, 7) is 4.31. The van der Waals surface area contributed by atoms with Gasteiger partial charge < -0.3 is 10.2 Å². The van der Waals surface area contributed by atoms with Gasteiger partial charge in [-0.15, -0.1) is 0 Å². The number of nitrogens with zero attached hydrogens (tertiary/aromatic N) is 2. The summed E-state index contributed by atoms with van der Waals surface area (Å²) < 4.78 is 50.6. The maximum atomic E-state index is 13.1. The fraction of sp³-hybridized carbons (Fsp3) is 0.409. The van der Waals surface area contributed by atoms with E-state index in [0.717, 1.165) is 0 Å². The fourth-order valence-electron chi connectivity index (χ4n) is 3.85. The van der Waals surface area contributed by atoms with E-state index in [1.165, 1.54) is 16.4 Å². The van der Waals surface area contributed by atoms with E-state index in [9.17, 15) is 21.6 Å². The van der Waals surface area contributed by atoms with Crippen molar-refractivity contribution in [2.75, 3.05) is 41.4 Å². The molecule has 0 saturated carbocycles. The lowest BCUT2D eigenvalue weighted by Crippen LogP contribution is -2.44. The third kappa shape index (κ3) is 5.48. The zero-order valence-corrected chi connectivity index (χ0v) is 19.9. The number of sulfone groups is 1. The normalized spacial score (nSPS) is 17.9. The summed E-state index contributed by atoms with van der Waals surface area (Å²) in [7, 11) is -6.70. The number of rotatable bonds is 9. The molecule has 1 unspecified atom stereocenters. The average Bonchev–Trinajstić information content (AvgIpc) is 3.13. The largest absolute Gasteiger partial charge is 0.376 e. The van der Waals surface area contributed by atoms with Crippen LogP contribution in [0.2, 0.25) is 0 Å². The van der Waals surface area contributed by atoms with Crippen molar-refractivity contribution in [3.05, 3.63) is 54.6 Å². The predicted molar refractivity (Wildman–Crippen MR) is 126 cm³/mol. The molecule has 3 rings (SSSR count). The van der Waals surface area contributed by atoms with Crippen LogP contribution in [-0.4, -0.2) is 64.2 Å². The van der Waals surface area contributed by atoms with Crippen LogP contribution in [0.5, 0.6) is 0 Å². The lowest BCUT2D eigenvalue weighted by molar-refractivity contribution is -0.117. The molecule has 1 saturated heterocycles. The highest BCUT2D eigenvalue weighted by atomic mass is 32.2.